The fourth-order valence-electron chi connectivity index (χ4n) is 3.37. The number of carbonyl (C=O) groups is 1. The summed E-state index contributed by atoms with van der Waals surface area (Å²) in [6.45, 7) is 5.77. The number of nitrogens with zero attached hydrogens (tertiary/aromatic N) is 2. The van der Waals surface area contributed by atoms with Crippen LogP contribution in [0.5, 0.6) is 0 Å². The number of amides is 1. The third kappa shape index (κ3) is 5.00. The molecule has 3 heterocycles. The molecule has 0 aliphatic carbocycles. The zero-order chi connectivity index (χ0) is 17.1. The number of fused-ring (bicyclic) bond motifs is 1. The predicted octanol–water partition coefficient (Wildman–Crippen LogP) is 1.98. The van der Waals surface area contributed by atoms with Crippen molar-refractivity contribution >= 4 is 36.4 Å². The maximum atomic E-state index is 12.7. The second-order valence-electron chi connectivity index (χ2n) is 6.46. The lowest BCUT2D eigenvalue weighted by Crippen LogP contribution is -2.35. The predicted molar refractivity (Wildman–Crippen MR) is 109 cm³/mol. The first kappa shape index (κ1) is 21.7. The van der Waals surface area contributed by atoms with Gasteiger partial charge in [0.1, 0.15) is 0 Å². The van der Waals surface area contributed by atoms with Crippen LogP contribution in [0.3, 0.4) is 0 Å². The first-order chi connectivity index (χ1) is 12.3. The Balaban J connectivity index is 0.00000131. The van der Waals surface area contributed by atoms with Crippen LogP contribution < -0.4 is 10.6 Å². The van der Waals surface area contributed by atoms with Gasteiger partial charge in [-0.2, -0.15) is 5.10 Å². The van der Waals surface area contributed by atoms with Gasteiger partial charge in [0.05, 0.1) is 13.2 Å². The number of halogens is 2. The molecule has 9 heteroatoms. The van der Waals surface area contributed by atoms with Gasteiger partial charge < -0.3 is 15.4 Å². The standard InChI is InChI=1S/C18H23N5O2.2ClH/c24-18(17-14-11-19-6-5-16(14)21-22-17)20-15-4-2-1-3-13(15)12-23-7-9-25-10-8-23;;/h1-4,19H,5-12H2,(H,20,24)(H,21,22);2*1H. The quantitative estimate of drug-likeness (QED) is 0.713. The molecule has 1 saturated heterocycles. The summed E-state index contributed by atoms with van der Waals surface area (Å²) in [4.78, 5) is 15.1. The fraction of sp³-hybridized carbons (Fsp3) is 0.444. The smallest absolute Gasteiger partial charge is 0.276 e. The molecule has 3 N–H and O–H groups in total. The zero-order valence-corrected chi connectivity index (χ0v) is 16.6. The summed E-state index contributed by atoms with van der Waals surface area (Å²) < 4.78 is 5.40. The van der Waals surface area contributed by atoms with Crippen LogP contribution in [0, 0.1) is 0 Å². The Kier molecular flexibility index (Phi) is 8.07. The molecular formula is C18H25Cl2N5O2. The maximum absolute atomic E-state index is 12.7. The van der Waals surface area contributed by atoms with Crippen molar-refractivity contribution < 1.29 is 9.53 Å². The van der Waals surface area contributed by atoms with Crippen LogP contribution in [0.25, 0.3) is 0 Å². The van der Waals surface area contributed by atoms with E-state index >= 15 is 0 Å². The average molecular weight is 414 g/mol. The number of hydrogen-bond donors (Lipinski definition) is 3. The van der Waals surface area contributed by atoms with Crippen molar-refractivity contribution in [2.75, 3.05) is 38.2 Å². The molecule has 4 rings (SSSR count). The number of rotatable bonds is 4. The summed E-state index contributed by atoms with van der Waals surface area (Å²) in [5.74, 6) is -0.157. The van der Waals surface area contributed by atoms with Gasteiger partial charge in [-0.25, -0.2) is 0 Å². The summed E-state index contributed by atoms with van der Waals surface area (Å²) in [6.07, 6.45) is 0.878. The van der Waals surface area contributed by atoms with Crippen LogP contribution in [-0.4, -0.2) is 53.9 Å². The summed E-state index contributed by atoms with van der Waals surface area (Å²) in [5, 5.41) is 13.6. The molecule has 1 amide bonds. The lowest BCUT2D eigenvalue weighted by Gasteiger charge is -2.27. The summed E-state index contributed by atoms with van der Waals surface area (Å²) in [6, 6.07) is 7.96. The first-order valence-corrected chi connectivity index (χ1v) is 8.77. The molecule has 2 aliphatic rings. The van der Waals surface area contributed by atoms with E-state index in [2.05, 4.69) is 31.8 Å². The monoisotopic (exact) mass is 413 g/mol. The van der Waals surface area contributed by atoms with Crippen molar-refractivity contribution in [2.45, 2.75) is 19.5 Å². The van der Waals surface area contributed by atoms with E-state index in [1.54, 1.807) is 0 Å². The average Bonchev–Trinajstić information content (AvgIpc) is 3.08. The second-order valence-corrected chi connectivity index (χ2v) is 6.46. The number of carbonyl (C=O) groups excluding carboxylic acids is 1. The van der Waals surface area contributed by atoms with E-state index in [9.17, 15) is 4.79 Å². The van der Waals surface area contributed by atoms with E-state index in [4.69, 9.17) is 4.74 Å². The lowest BCUT2D eigenvalue weighted by atomic mass is 10.1. The van der Waals surface area contributed by atoms with Gasteiger partial charge in [0, 0.05) is 56.1 Å². The molecule has 1 fully saturated rings. The molecular weight excluding hydrogens is 389 g/mol. The highest BCUT2D eigenvalue weighted by Gasteiger charge is 2.22. The van der Waals surface area contributed by atoms with Crippen LogP contribution in [-0.2, 0) is 24.2 Å². The van der Waals surface area contributed by atoms with E-state index in [1.165, 1.54) is 0 Å². The minimum absolute atomic E-state index is 0. The Morgan fingerprint density at radius 1 is 1.22 bits per heavy atom. The van der Waals surface area contributed by atoms with Gasteiger partial charge in [0.25, 0.3) is 5.91 Å². The number of aromatic nitrogens is 2. The highest BCUT2D eigenvalue weighted by Crippen LogP contribution is 2.21. The largest absolute Gasteiger partial charge is 0.379 e. The van der Waals surface area contributed by atoms with E-state index in [0.717, 1.165) is 68.3 Å². The van der Waals surface area contributed by atoms with Crippen molar-refractivity contribution in [3.8, 4) is 0 Å². The number of ether oxygens (including phenoxy) is 1. The number of benzene rings is 1. The van der Waals surface area contributed by atoms with Crippen molar-refractivity contribution in [1.29, 1.82) is 0 Å². The molecule has 148 valence electrons. The topological polar surface area (TPSA) is 82.3 Å². The molecule has 0 saturated carbocycles. The zero-order valence-electron chi connectivity index (χ0n) is 15.0. The number of aromatic amines is 1. The number of para-hydroxylation sites is 1. The Bertz CT molecular complexity index is 762. The number of anilines is 1. The summed E-state index contributed by atoms with van der Waals surface area (Å²) in [5.41, 5.74) is 4.49. The first-order valence-electron chi connectivity index (χ1n) is 8.77. The number of morpholine rings is 1. The number of H-pyrrole nitrogens is 1. The van der Waals surface area contributed by atoms with E-state index in [0.29, 0.717) is 12.2 Å². The Labute approximate surface area is 171 Å². The van der Waals surface area contributed by atoms with Gasteiger partial charge >= 0.3 is 0 Å². The van der Waals surface area contributed by atoms with Crippen molar-refractivity contribution in [3.05, 3.63) is 46.8 Å². The molecule has 0 bridgehead atoms. The minimum Gasteiger partial charge on any atom is -0.379 e. The third-order valence-corrected chi connectivity index (χ3v) is 4.78. The fourth-order valence-corrected chi connectivity index (χ4v) is 3.37. The van der Waals surface area contributed by atoms with Crippen molar-refractivity contribution in [2.24, 2.45) is 0 Å². The highest BCUT2D eigenvalue weighted by molar-refractivity contribution is 6.04. The van der Waals surface area contributed by atoms with E-state index in [-0.39, 0.29) is 30.7 Å². The molecule has 0 atom stereocenters. The van der Waals surface area contributed by atoms with Gasteiger partial charge in [0.2, 0.25) is 0 Å². The number of hydrogen-bond acceptors (Lipinski definition) is 5. The van der Waals surface area contributed by atoms with Crippen LogP contribution >= 0.6 is 24.8 Å². The third-order valence-electron chi connectivity index (χ3n) is 4.78. The van der Waals surface area contributed by atoms with Crippen LogP contribution in [0.2, 0.25) is 0 Å². The van der Waals surface area contributed by atoms with Crippen molar-refractivity contribution in [1.82, 2.24) is 20.4 Å². The molecule has 27 heavy (non-hydrogen) atoms. The van der Waals surface area contributed by atoms with Gasteiger partial charge in [-0.05, 0) is 11.6 Å². The van der Waals surface area contributed by atoms with Crippen LogP contribution in [0.15, 0.2) is 24.3 Å². The minimum atomic E-state index is -0.157. The normalized spacial score (nSPS) is 16.6. The Hall–Kier alpha value is -1.64. The van der Waals surface area contributed by atoms with Crippen LogP contribution in [0.4, 0.5) is 5.69 Å². The lowest BCUT2D eigenvalue weighted by molar-refractivity contribution is 0.0342. The van der Waals surface area contributed by atoms with Gasteiger partial charge in [0.15, 0.2) is 5.69 Å². The molecule has 1 aromatic carbocycles. The Morgan fingerprint density at radius 3 is 2.81 bits per heavy atom. The van der Waals surface area contributed by atoms with Crippen molar-refractivity contribution in [3.63, 3.8) is 0 Å². The van der Waals surface area contributed by atoms with Gasteiger partial charge in [-0.15, -0.1) is 24.8 Å². The summed E-state index contributed by atoms with van der Waals surface area (Å²) >= 11 is 0. The molecule has 0 spiro atoms. The maximum Gasteiger partial charge on any atom is 0.276 e. The molecule has 2 aromatic rings. The SMILES string of the molecule is Cl.Cl.O=C(Nc1ccccc1CN1CCOCC1)c1n[nH]c2c1CNCC2. The van der Waals surface area contributed by atoms with E-state index < -0.39 is 0 Å². The molecule has 2 aliphatic heterocycles. The molecule has 0 radical (unpaired) electrons. The summed E-state index contributed by atoms with van der Waals surface area (Å²) in [7, 11) is 0. The van der Waals surface area contributed by atoms with Gasteiger partial charge in [-0.3, -0.25) is 14.8 Å². The highest BCUT2D eigenvalue weighted by atomic mass is 35.5. The van der Waals surface area contributed by atoms with Crippen LogP contribution in [0.1, 0.15) is 27.3 Å². The molecule has 7 nitrogen and oxygen atoms in total. The number of nitrogens with one attached hydrogen (secondary N) is 3. The van der Waals surface area contributed by atoms with E-state index in [1.807, 2.05) is 18.2 Å². The molecule has 1 aromatic heterocycles. The second kappa shape index (κ2) is 10.1. The Morgan fingerprint density at radius 2 is 2.00 bits per heavy atom. The van der Waals surface area contributed by atoms with Gasteiger partial charge in [-0.1, -0.05) is 18.2 Å². The molecule has 0 unspecified atom stereocenters.